The summed E-state index contributed by atoms with van der Waals surface area (Å²) in [5.41, 5.74) is -1.10. The molecule has 1 unspecified atom stereocenters. The van der Waals surface area contributed by atoms with Crippen molar-refractivity contribution in [3.05, 3.63) is 35.1 Å². The zero-order valence-corrected chi connectivity index (χ0v) is 12.0. The fourth-order valence-corrected chi connectivity index (χ4v) is 2.70. The van der Waals surface area contributed by atoms with Gasteiger partial charge in [-0.15, -0.1) is 0 Å². The van der Waals surface area contributed by atoms with Crippen LogP contribution in [0.3, 0.4) is 0 Å². The second kappa shape index (κ2) is 5.71. The highest BCUT2D eigenvalue weighted by molar-refractivity contribution is 9.09. The molecule has 1 saturated heterocycles. The summed E-state index contributed by atoms with van der Waals surface area (Å²) in [7, 11) is 0. The van der Waals surface area contributed by atoms with Crippen molar-refractivity contribution in [1.29, 1.82) is 0 Å². The van der Waals surface area contributed by atoms with Crippen LogP contribution < -0.4 is 0 Å². The topological polar surface area (TPSA) is 20.3 Å². The number of hydrogen-bond acceptors (Lipinski definition) is 1. The molecule has 1 amide bonds. The number of amides is 1. The third kappa shape index (κ3) is 3.31. The minimum atomic E-state index is -4.63. The summed E-state index contributed by atoms with van der Waals surface area (Å²) in [4.78, 5) is 13.1. The van der Waals surface area contributed by atoms with Gasteiger partial charge in [-0.2, -0.15) is 13.2 Å². The lowest BCUT2D eigenvalue weighted by atomic mass is 10.1. The number of benzene rings is 1. The second-order valence-electron chi connectivity index (χ2n) is 4.80. The minimum Gasteiger partial charge on any atom is -0.338 e. The molecule has 1 heterocycles. The molecule has 0 aromatic heterocycles. The third-order valence-corrected chi connectivity index (χ3v) is 4.17. The smallest absolute Gasteiger partial charge is 0.338 e. The molecule has 1 atom stereocenters. The van der Waals surface area contributed by atoms with E-state index in [-0.39, 0.29) is 23.9 Å². The fourth-order valence-electron chi connectivity index (χ4n) is 2.27. The van der Waals surface area contributed by atoms with E-state index in [2.05, 4.69) is 15.9 Å². The van der Waals surface area contributed by atoms with E-state index in [1.54, 1.807) is 0 Å². The number of carbonyl (C=O) groups excluding carboxylic acids is 1. The van der Waals surface area contributed by atoms with E-state index in [0.717, 1.165) is 12.1 Å². The summed E-state index contributed by atoms with van der Waals surface area (Å²) in [6, 6.07) is 2.54. The van der Waals surface area contributed by atoms with Crippen LogP contribution >= 0.6 is 15.9 Å². The average molecular weight is 354 g/mol. The largest absolute Gasteiger partial charge is 0.416 e. The molecular formula is C13H12BrF4NO. The van der Waals surface area contributed by atoms with Crippen LogP contribution in [0.25, 0.3) is 0 Å². The summed E-state index contributed by atoms with van der Waals surface area (Å²) in [6.07, 6.45) is -4.30. The first-order valence-electron chi connectivity index (χ1n) is 6.00. The number of hydrogen-bond donors (Lipinski definition) is 0. The van der Waals surface area contributed by atoms with Gasteiger partial charge in [0, 0.05) is 24.8 Å². The van der Waals surface area contributed by atoms with Crippen molar-refractivity contribution in [1.82, 2.24) is 4.90 Å². The Kier molecular flexibility index (Phi) is 4.36. The molecule has 1 aliphatic heterocycles. The Morgan fingerprint density at radius 1 is 1.35 bits per heavy atom. The van der Waals surface area contributed by atoms with Gasteiger partial charge in [-0.25, -0.2) is 4.39 Å². The molecule has 7 heteroatoms. The van der Waals surface area contributed by atoms with E-state index >= 15 is 0 Å². The maximum Gasteiger partial charge on any atom is 0.416 e. The van der Waals surface area contributed by atoms with Gasteiger partial charge in [0.05, 0.1) is 5.56 Å². The Hall–Kier alpha value is -1.11. The predicted molar refractivity (Wildman–Crippen MR) is 68.7 cm³/mol. The van der Waals surface area contributed by atoms with Crippen LogP contribution in [-0.4, -0.2) is 22.7 Å². The van der Waals surface area contributed by atoms with E-state index in [0.29, 0.717) is 24.4 Å². The van der Waals surface area contributed by atoms with E-state index in [1.165, 1.54) is 4.90 Å². The van der Waals surface area contributed by atoms with Gasteiger partial charge in [0.2, 0.25) is 5.91 Å². The molecule has 1 aliphatic rings. The quantitative estimate of drug-likeness (QED) is 0.600. The Labute approximate surface area is 121 Å². The normalized spacial score (nSPS) is 19.8. The van der Waals surface area contributed by atoms with Crippen molar-refractivity contribution in [2.75, 3.05) is 11.9 Å². The van der Waals surface area contributed by atoms with Gasteiger partial charge in [-0.1, -0.05) is 22.0 Å². The SMILES string of the molecule is O=C1CC(CBr)CN1Cc1ccc(F)cc1C(F)(F)F. The first kappa shape index (κ1) is 15.3. The monoisotopic (exact) mass is 353 g/mol. The zero-order chi connectivity index (χ0) is 14.9. The molecule has 20 heavy (non-hydrogen) atoms. The van der Waals surface area contributed by atoms with Gasteiger partial charge < -0.3 is 4.90 Å². The molecule has 2 rings (SSSR count). The minimum absolute atomic E-state index is 0.0810. The molecule has 1 fully saturated rings. The van der Waals surface area contributed by atoms with Crippen molar-refractivity contribution in [3.8, 4) is 0 Å². The van der Waals surface area contributed by atoms with Crippen LogP contribution in [-0.2, 0) is 17.5 Å². The molecule has 2 nitrogen and oxygen atoms in total. The van der Waals surface area contributed by atoms with Crippen LogP contribution in [0.4, 0.5) is 17.6 Å². The fraction of sp³-hybridized carbons (Fsp3) is 0.462. The first-order valence-corrected chi connectivity index (χ1v) is 7.12. The number of nitrogens with zero attached hydrogens (tertiary/aromatic N) is 1. The lowest BCUT2D eigenvalue weighted by Crippen LogP contribution is -2.26. The molecular weight excluding hydrogens is 342 g/mol. The van der Waals surface area contributed by atoms with E-state index < -0.39 is 17.6 Å². The number of carbonyl (C=O) groups is 1. The molecule has 0 aliphatic carbocycles. The van der Waals surface area contributed by atoms with Gasteiger partial charge in [-0.3, -0.25) is 4.79 Å². The Morgan fingerprint density at radius 3 is 2.60 bits per heavy atom. The van der Waals surface area contributed by atoms with E-state index in [1.807, 2.05) is 0 Å². The van der Waals surface area contributed by atoms with Gasteiger partial charge >= 0.3 is 6.18 Å². The summed E-state index contributed by atoms with van der Waals surface area (Å²) in [5.74, 6) is -1.00. The van der Waals surface area contributed by atoms with Crippen LogP contribution in [0.2, 0.25) is 0 Å². The number of halogens is 5. The number of rotatable bonds is 3. The van der Waals surface area contributed by atoms with Crippen molar-refractivity contribution < 1.29 is 22.4 Å². The summed E-state index contributed by atoms with van der Waals surface area (Å²) in [6.45, 7) is 0.274. The standard InChI is InChI=1S/C13H12BrF4NO/c14-5-8-3-12(20)19(6-8)7-9-1-2-10(15)4-11(9)13(16,17)18/h1-2,4,8H,3,5-7H2. The lowest BCUT2D eigenvalue weighted by molar-refractivity contribution is -0.139. The molecule has 1 aromatic carbocycles. The lowest BCUT2D eigenvalue weighted by Gasteiger charge is -2.20. The van der Waals surface area contributed by atoms with Crippen LogP contribution in [0.5, 0.6) is 0 Å². The highest BCUT2D eigenvalue weighted by atomic mass is 79.9. The Balaban J connectivity index is 2.24. The van der Waals surface area contributed by atoms with E-state index in [9.17, 15) is 22.4 Å². The number of alkyl halides is 4. The predicted octanol–water partition coefficient (Wildman–Crippen LogP) is 3.59. The van der Waals surface area contributed by atoms with Crippen LogP contribution in [0, 0.1) is 11.7 Å². The summed E-state index contributed by atoms with van der Waals surface area (Å²) in [5, 5.41) is 0.630. The van der Waals surface area contributed by atoms with Gasteiger partial charge in [-0.05, 0) is 23.6 Å². The molecule has 1 aromatic rings. The third-order valence-electron chi connectivity index (χ3n) is 3.25. The average Bonchev–Trinajstić information content (AvgIpc) is 2.71. The maximum atomic E-state index is 13.0. The summed E-state index contributed by atoms with van der Waals surface area (Å²) < 4.78 is 51.6. The molecule has 0 bridgehead atoms. The zero-order valence-electron chi connectivity index (χ0n) is 10.4. The van der Waals surface area contributed by atoms with Crippen LogP contribution in [0.15, 0.2) is 18.2 Å². The molecule has 0 N–H and O–H groups in total. The molecule has 0 spiro atoms. The van der Waals surface area contributed by atoms with Crippen molar-refractivity contribution in [2.24, 2.45) is 5.92 Å². The molecule has 0 saturated carbocycles. The summed E-state index contributed by atoms with van der Waals surface area (Å²) >= 11 is 3.26. The van der Waals surface area contributed by atoms with Crippen molar-refractivity contribution in [2.45, 2.75) is 19.1 Å². The Morgan fingerprint density at radius 2 is 2.05 bits per heavy atom. The maximum absolute atomic E-state index is 13.0. The Bertz CT molecular complexity index is 518. The highest BCUT2D eigenvalue weighted by Gasteiger charge is 2.36. The molecule has 110 valence electrons. The highest BCUT2D eigenvalue weighted by Crippen LogP contribution is 2.34. The van der Waals surface area contributed by atoms with Gasteiger partial charge in [0.25, 0.3) is 0 Å². The van der Waals surface area contributed by atoms with E-state index in [4.69, 9.17) is 0 Å². The van der Waals surface area contributed by atoms with Crippen molar-refractivity contribution >= 4 is 21.8 Å². The number of likely N-dealkylation sites (tertiary alicyclic amines) is 1. The first-order chi connectivity index (χ1) is 9.31. The van der Waals surface area contributed by atoms with Gasteiger partial charge in [0.15, 0.2) is 0 Å². The second-order valence-corrected chi connectivity index (χ2v) is 5.45. The van der Waals surface area contributed by atoms with Gasteiger partial charge in [0.1, 0.15) is 5.82 Å². The van der Waals surface area contributed by atoms with Crippen LogP contribution in [0.1, 0.15) is 17.5 Å². The van der Waals surface area contributed by atoms with Crippen molar-refractivity contribution in [3.63, 3.8) is 0 Å². The molecule has 0 radical (unpaired) electrons.